The monoisotopic (exact) mass is 293 g/mol. The van der Waals surface area contributed by atoms with Gasteiger partial charge in [0.1, 0.15) is 11.5 Å². The number of ether oxygens (including phenoxy) is 2. The van der Waals surface area contributed by atoms with Gasteiger partial charge in [-0.15, -0.1) is 0 Å². The van der Waals surface area contributed by atoms with Gasteiger partial charge in [0, 0.05) is 12.0 Å². The quantitative estimate of drug-likeness (QED) is 0.793. The summed E-state index contributed by atoms with van der Waals surface area (Å²) in [6, 6.07) is 3.90. The normalized spacial score (nSPS) is 11.9. The lowest BCUT2D eigenvalue weighted by Crippen LogP contribution is -2.26. The Bertz CT molecular complexity index is 444. The number of carbonyl (C=O) groups excluding carboxylic acids is 1. The molecule has 21 heavy (non-hydrogen) atoms. The third kappa shape index (κ3) is 4.96. The lowest BCUT2D eigenvalue weighted by Gasteiger charge is -2.19. The van der Waals surface area contributed by atoms with Crippen LogP contribution in [0.15, 0.2) is 12.1 Å². The van der Waals surface area contributed by atoms with Gasteiger partial charge in [0.05, 0.1) is 19.3 Å². The molecule has 1 amide bonds. The average molecular weight is 293 g/mol. The highest BCUT2D eigenvalue weighted by atomic mass is 16.5. The summed E-state index contributed by atoms with van der Waals surface area (Å²) in [5.74, 6) is 1.70. The van der Waals surface area contributed by atoms with Crippen molar-refractivity contribution in [2.24, 2.45) is 0 Å². The number of rotatable bonds is 8. The second-order valence-electron chi connectivity index (χ2n) is 5.05. The van der Waals surface area contributed by atoms with Crippen molar-refractivity contribution in [1.82, 2.24) is 5.32 Å². The summed E-state index contributed by atoms with van der Waals surface area (Å²) in [5.41, 5.74) is 1.99. The maximum Gasteiger partial charge on any atom is 0.220 e. The fraction of sp³-hybridized carbons (Fsp3) is 0.588. The van der Waals surface area contributed by atoms with Gasteiger partial charge in [-0.05, 0) is 51.8 Å². The summed E-state index contributed by atoms with van der Waals surface area (Å²) < 4.78 is 11.3. The molecule has 4 nitrogen and oxygen atoms in total. The Morgan fingerprint density at radius 3 is 2.10 bits per heavy atom. The Kier molecular flexibility index (Phi) is 7.06. The highest BCUT2D eigenvalue weighted by Crippen LogP contribution is 2.32. The van der Waals surface area contributed by atoms with E-state index >= 15 is 0 Å². The minimum Gasteiger partial charge on any atom is -0.493 e. The summed E-state index contributed by atoms with van der Waals surface area (Å²) in [4.78, 5) is 11.7. The largest absolute Gasteiger partial charge is 0.493 e. The number of amides is 1. The molecule has 0 aliphatic rings. The summed E-state index contributed by atoms with van der Waals surface area (Å²) in [7, 11) is 0. The lowest BCUT2D eigenvalue weighted by molar-refractivity contribution is -0.121. The minimum absolute atomic E-state index is 0.0666. The standard InChI is InChI=1S/C17H27NO3/c1-6-9-17(19)18-13(5)14-10-15(20-7-2)12(4)16(11-14)21-8-3/h10-11,13H,6-9H2,1-5H3,(H,18,19). The molecule has 0 heterocycles. The van der Waals surface area contributed by atoms with Crippen molar-refractivity contribution in [2.75, 3.05) is 13.2 Å². The van der Waals surface area contributed by atoms with Crippen molar-refractivity contribution >= 4 is 5.91 Å². The van der Waals surface area contributed by atoms with E-state index in [2.05, 4.69) is 5.32 Å². The Morgan fingerprint density at radius 2 is 1.67 bits per heavy atom. The molecule has 1 unspecified atom stereocenters. The highest BCUT2D eigenvalue weighted by Gasteiger charge is 2.15. The van der Waals surface area contributed by atoms with Gasteiger partial charge >= 0.3 is 0 Å². The van der Waals surface area contributed by atoms with Gasteiger partial charge in [0.15, 0.2) is 0 Å². The van der Waals surface area contributed by atoms with Gasteiger partial charge < -0.3 is 14.8 Å². The fourth-order valence-corrected chi connectivity index (χ4v) is 2.17. The van der Waals surface area contributed by atoms with E-state index in [4.69, 9.17) is 9.47 Å². The number of hydrogen-bond donors (Lipinski definition) is 1. The molecular formula is C17H27NO3. The predicted octanol–water partition coefficient (Wildman–Crippen LogP) is 3.77. The second kappa shape index (κ2) is 8.55. The Morgan fingerprint density at radius 1 is 1.14 bits per heavy atom. The summed E-state index contributed by atoms with van der Waals surface area (Å²) in [5, 5.41) is 3.01. The van der Waals surface area contributed by atoms with Crippen molar-refractivity contribution in [1.29, 1.82) is 0 Å². The van der Waals surface area contributed by atoms with Crippen molar-refractivity contribution in [3.8, 4) is 11.5 Å². The zero-order chi connectivity index (χ0) is 15.8. The van der Waals surface area contributed by atoms with Crippen LogP contribution < -0.4 is 14.8 Å². The molecule has 0 aliphatic carbocycles. The van der Waals surface area contributed by atoms with E-state index in [1.807, 2.05) is 46.8 Å². The summed E-state index contributed by atoms with van der Waals surface area (Å²) in [6.07, 6.45) is 1.40. The molecule has 0 fully saturated rings. The first-order valence-electron chi connectivity index (χ1n) is 7.72. The van der Waals surface area contributed by atoms with Crippen LogP contribution in [0.1, 0.15) is 57.7 Å². The Hall–Kier alpha value is -1.71. The van der Waals surface area contributed by atoms with Crippen LogP contribution in [0.3, 0.4) is 0 Å². The molecule has 4 heteroatoms. The Labute approximate surface area is 127 Å². The second-order valence-corrected chi connectivity index (χ2v) is 5.05. The summed E-state index contributed by atoms with van der Waals surface area (Å²) in [6.45, 7) is 11.1. The number of benzene rings is 1. The van der Waals surface area contributed by atoms with Crippen molar-refractivity contribution < 1.29 is 14.3 Å². The summed E-state index contributed by atoms with van der Waals surface area (Å²) >= 11 is 0. The third-order valence-corrected chi connectivity index (χ3v) is 3.29. The lowest BCUT2D eigenvalue weighted by atomic mass is 10.0. The van der Waals surface area contributed by atoms with Crippen LogP contribution in [0.4, 0.5) is 0 Å². The van der Waals surface area contributed by atoms with Crippen LogP contribution in [0.25, 0.3) is 0 Å². The molecule has 0 spiro atoms. The topological polar surface area (TPSA) is 47.6 Å². The van der Waals surface area contributed by atoms with E-state index in [0.717, 1.165) is 29.0 Å². The molecule has 1 aromatic carbocycles. The third-order valence-electron chi connectivity index (χ3n) is 3.29. The van der Waals surface area contributed by atoms with Crippen LogP contribution in [-0.4, -0.2) is 19.1 Å². The van der Waals surface area contributed by atoms with Crippen molar-refractivity contribution in [3.05, 3.63) is 23.3 Å². The van der Waals surface area contributed by atoms with Crippen LogP contribution in [0.5, 0.6) is 11.5 Å². The van der Waals surface area contributed by atoms with Crippen molar-refractivity contribution in [2.45, 2.75) is 53.5 Å². The van der Waals surface area contributed by atoms with Crippen molar-refractivity contribution in [3.63, 3.8) is 0 Å². The van der Waals surface area contributed by atoms with E-state index in [0.29, 0.717) is 19.6 Å². The molecule has 1 rings (SSSR count). The highest BCUT2D eigenvalue weighted by molar-refractivity contribution is 5.76. The first-order chi connectivity index (χ1) is 10.0. The molecule has 0 aliphatic heterocycles. The molecule has 0 bridgehead atoms. The molecule has 1 atom stereocenters. The van der Waals surface area contributed by atoms with Gasteiger partial charge in [-0.2, -0.15) is 0 Å². The average Bonchev–Trinajstić information content (AvgIpc) is 2.43. The molecule has 118 valence electrons. The molecule has 1 N–H and O–H groups in total. The van der Waals surface area contributed by atoms with E-state index in [1.165, 1.54) is 0 Å². The molecule has 0 aromatic heterocycles. The SMILES string of the molecule is CCCC(=O)NC(C)c1cc(OCC)c(C)c(OCC)c1. The molecule has 1 aromatic rings. The van der Waals surface area contributed by atoms with Crippen LogP contribution >= 0.6 is 0 Å². The van der Waals surface area contributed by atoms with E-state index < -0.39 is 0 Å². The van der Waals surface area contributed by atoms with Crippen LogP contribution in [0.2, 0.25) is 0 Å². The van der Waals surface area contributed by atoms with Gasteiger partial charge in [0.2, 0.25) is 5.91 Å². The number of carbonyl (C=O) groups is 1. The predicted molar refractivity (Wildman–Crippen MR) is 85.0 cm³/mol. The van der Waals surface area contributed by atoms with Gasteiger partial charge in [0.25, 0.3) is 0 Å². The van der Waals surface area contributed by atoms with Crippen LogP contribution in [0, 0.1) is 6.92 Å². The van der Waals surface area contributed by atoms with Gasteiger partial charge in [-0.25, -0.2) is 0 Å². The molecule has 0 saturated heterocycles. The maximum atomic E-state index is 11.7. The first kappa shape index (κ1) is 17.3. The van der Waals surface area contributed by atoms with E-state index in [-0.39, 0.29) is 11.9 Å². The first-order valence-corrected chi connectivity index (χ1v) is 7.72. The van der Waals surface area contributed by atoms with E-state index in [1.54, 1.807) is 0 Å². The Balaban J connectivity index is 3.02. The van der Waals surface area contributed by atoms with Gasteiger partial charge in [-0.3, -0.25) is 4.79 Å². The van der Waals surface area contributed by atoms with Crippen LogP contribution in [-0.2, 0) is 4.79 Å². The van der Waals surface area contributed by atoms with Gasteiger partial charge in [-0.1, -0.05) is 6.92 Å². The number of nitrogens with one attached hydrogen (secondary N) is 1. The molecular weight excluding hydrogens is 266 g/mol. The molecule has 0 radical (unpaired) electrons. The van der Waals surface area contributed by atoms with E-state index in [9.17, 15) is 4.79 Å². The number of hydrogen-bond acceptors (Lipinski definition) is 3. The maximum absolute atomic E-state index is 11.7. The minimum atomic E-state index is -0.0666. The zero-order valence-electron chi connectivity index (χ0n) is 13.8. The smallest absolute Gasteiger partial charge is 0.220 e. The zero-order valence-corrected chi connectivity index (χ0v) is 13.8. The fourth-order valence-electron chi connectivity index (χ4n) is 2.17. The molecule has 0 saturated carbocycles.